The van der Waals surface area contributed by atoms with Gasteiger partial charge in [0.2, 0.25) is 0 Å². The summed E-state index contributed by atoms with van der Waals surface area (Å²) in [4.78, 5) is 2.53. The lowest BCUT2D eigenvalue weighted by molar-refractivity contribution is 0.590. The maximum absolute atomic E-state index is 2.53. The van der Waals surface area contributed by atoms with E-state index >= 15 is 0 Å². The highest BCUT2D eigenvalue weighted by atomic mass is 15.1. The summed E-state index contributed by atoms with van der Waals surface area (Å²) < 4.78 is 0. The van der Waals surface area contributed by atoms with Gasteiger partial charge in [-0.15, -0.1) is 0 Å². The number of fused-ring (bicyclic) bond motifs is 14. The normalized spacial score (nSPS) is 14.6. The molecule has 0 radical (unpaired) electrons. The van der Waals surface area contributed by atoms with E-state index < -0.39 is 5.41 Å². The Morgan fingerprint density at radius 2 is 0.885 bits per heavy atom. The molecule has 1 spiro atoms. The van der Waals surface area contributed by atoms with Gasteiger partial charge in [-0.2, -0.15) is 0 Å². The smallest absolute Gasteiger partial charge is 0.0725 e. The molecule has 0 unspecified atom stereocenters. The molecule has 3 aliphatic rings. The van der Waals surface area contributed by atoms with Crippen LogP contribution in [0.5, 0.6) is 0 Å². The van der Waals surface area contributed by atoms with E-state index in [9.17, 15) is 0 Å². The van der Waals surface area contributed by atoms with Crippen molar-refractivity contribution in [3.05, 3.63) is 233 Å². The van der Waals surface area contributed by atoms with E-state index in [4.69, 9.17) is 0 Å². The fourth-order valence-electron chi connectivity index (χ4n) is 11.5. The monoisotopic (exact) mass is 781 g/mol. The van der Waals surface area contributed by atoms with Gasteiger partial charge in [-0.25, -0.2) is 0 Å². The standard InChI is InChI=1S/C60H47N/c1-58(2,3)39-30-32-40(33-31-39)61(55-36-29-38-17-6-7-18-42(38)56(55)48-24-16-23-47-45-21-8-12-25-50(45)59(4,5)57(47)48)41-34-35-54-49(37-41)46-22-11-15-28-53(46)60(54)51-26-13-9-19-43(51)44-20-10-14-27-52(44)60/h6-37H,1-5H3. The predicted octanol–water partition coefficient (Wildman–Crippen LogP) is 15.9. The molecule has 0 fully saturated rings. The summed E-state index contributed by atoms with van der Waals surface area (Å²) in [5, 5.41) is 2.49. The summed E-state index contributed by atoms with van der Waals surface area (Å²) in [5.74, 6) is 0. The zero-order valence-corrected chi connectivity index (χ0v) is 35.4. The van der Waals surface area contributed by atoms with Crippen molar-refractivity contribution in [2.75, 3.05) is 4.90 Å². The van der Waals surface area contributed by atoms with Crippen LogP contribution in [0.3, 0.4) is 0 Å². The molecule has 0 saturated carbocycles. The summed E-state index contributed by atoms with van der Waals surface area (Å²) >= 11 is 0. The molecule has 9 aromatic carbocycles. The van der Waals surface area contributed by atoms with Crippen molar-refractivity contribution in [1.82, 2.24) is 0 Å². The fourth-order valence-corrected chi connectivity index (χ4v) is 11.5. The second kappa shape index (κ2) is 12.8. The molecule has 0 amide bonds. The SMILES string of the molecule is CC(C)(C)c1ccc(N(c2ccc3c(c2)-c2ccccc2C32c3ccccc3-c3ccccc32)c2ccc3ccccc3c2-c2cccc3c2C(C)(C)c2ccccc2-3)cc1. The highest BCUT2D eigenvalue weighted by molar-refractivity contribution is 6.08. The lowest BCUT2D eigenvalue weighted by atomic mass is 9.70. The molecule has 0 atom stereocenters. The van der Waals surface area contributed by atoms with Crippen molar-refractivity contribution >= 4 is 27.8 Å². The average molecular weight is 782 g/mol. The van der Waals surface area contributed by atoms with E-state index in [0.29, 0.717) is 0 Å². The number of benzene rings is 9. The highest BCUT2D eigenvalue weighted by Crippen LogP contribution is 2.63. The van der Waals surface area contributed by atoms with Crippen LogP contribution >= 0.6 is 0 Å². The first kappa shape index (κ1) is 35.9. The third kappa shape index (κ3) is 4.89. The molecule has 1 heteroatoms. The minimum absolute atomic E-state index is 0.0299. The lowest BCUT2D eigenvalue weighted by Crippen LogP contribution is -2.25. The molecule has 3 aliphatic carbocycles. The minimum atomic E-state index is -0.393. The lowest BCUT2D eigenvalue weighted by Gasteiger charge is -2.33. The first-order valence-electron chi connectivity index (χ1n) is 21.8. The highest BCUT2D eigenvalue weighted by Gasteiger charge is 2.51. The molecule has 61 heavy (non-hydrogen) atoms. The average Bonchev–Trinajstić information content (AvgIpc) is 3.85. The van der Waals surface area contributed by atoms with E-state index in [2.05, 4.69) is 234 Å². The third-order valence-corrected chi connectivity index (χ3v) is 14.2. The van der Waals surface area contributed by atoms with Crippen molar-refractivity contribution in [2.24, 2.45) is 0 Å². The number of nitrogens with zero attached hydrogens (tertiary/aromatic N) is 1. The van der Waals surface area contributed by atoms with Crippen molar-refractivity contribution in [1.29, 1.82) is 0 Å². The quantitative estimate of drug-likeness (QED) is 0.172. The van der Waals surface area contributed by atoms with Crippen molar-refractivity contribution in [3.63, 3.8) is 0 Å². The van der Waals surface area contributed by atoms with Crippen LogP contribution in [0.1, 0.15) is 73.6 Å². The summed E-state index contributed by atoms with van der Waals surface area (Å²) in [6, 6.07) is 73.5. The van der Waals surface area contributed by atoms with E-state index in [0.717, 1.165) is 11.4 Å². The van der Waals surface area contributed by atoms with Gasteiger partial charge in [0.25, 0.3) is 0 Å². The fraction of sp³-hybridized carbons (Fsp3) is 0.133. The van der Waals surface area contributed by atoms with Crippen LogP contribution in [0.4, 0.5) is 17.1 Å². The molecule has 0 aromatic heterocycles. The van der Waals surface area contributed by atoms with Gasteiger partial charge in [0, 0.05) is 22.4 Å². The van der Waals surface area contributed by atoms with E-state index in [1.807, 2.05) is 0 Å². The minimum Gasteiger partial charge on any atom is -0.310 e. The molecule has 292 valence electrons. The van der Waals surface area contributed by atoms with Gasteiger partial charge in [0.1, 0.15) is 0 Å². The maximum atomic E-state index is 2.53. The predicted molar refractivity (Wildman–Crippen MR) is 257 cm³/mol. The van der Waals surface area contributed by atoms with Gasteiger partial charge in [-0.05, 0) is 124 Å². The van der Waals surface area contributed by atoms with Gasteiger partial charge >= 0.3 is 0 Å². The Balaban J connectivity index is 1.15. The zero-order valence-electron chi connectivity index (χ0n) is 35.4. The number of rotatable bonds is 4. The van der Waals surface area contributed by atoms with Crippen LogP contribution in [0, 0.1) is 0 Å². The Bertz CT molecular complexity index is 3220. The van der Waals surface area contributed by atoms with Gasteiger partial charge in [0.15, 0.2) is 0 Å². The van der Waals surface area contributed by atoms with Crippen molar-refractivity contribution < 1.29 is 0 Å². The van der Waals surface area contributed by atoms with Gasteiger partial charge in [-0.1, -0.05) is 198 Å². The Hall–Kier alpha value is -6.96. The van der Waals surface area contributed by atoms with Crippen LogP contribution < -0.4 is 4.90 Å². The third-order valence-electron chi connectivity index (χ3n) is 14.2. The van der Waals surface area contributed by atoms with Crippen molar-refractivity contribution in [3.8, 4) is 44.5 Å². The zero-order chi connectivity index (χ0) is 41.3. The van der Waals surface area contributed by atoms with Crippen LogP contribution in [-0.4, -0.2) is 0 Å². The second-order valence-corrected chi connectivity index (χ2v) is 18.8. The summed E-state index contributed by atoms with van der Waals surface area (Å²) in [6.45, 7) is 11.7. The maximum Gasteiger partial charge on any atom is 0.0725 e. The molecule has 0 bridgehead atoms. The van der Waals surface area contributed by atoms with Crippen LogP contribution in [0.25, 0.3) is 55.3 Å². The molecule has 0 saturated heterocycles. The Labute approximate surface area is 359 Å². The van der Waals surface area contributed by atoms with Gasteiger partial charge < -0.3 is 4.90 Å². The molecule has 1 nitrogen and oxygen atoms in total. The Morgan fingerprint density at radius 1 is 0.393 bits per heavy atom. The molecule has 12 rings (SSSR count). The van der Waals surface area contributed by atoms with E-state index in [1.165, 1.54) is 99.9 Å². The van der Waals surface area contributed by atoms with Gasteiger partial charge in [-0.3, -0.25) is 0 Å². The molecule has 0 heterocycles. The topological polar surface area (TPSA) is 3.24 Å². The van der Waals surface area contributed by atoms with Gasteiger partial charge in [0.05, 0.1) is 11.1 Å². The Kier molecular flexibility index (Phi) is 7.53. The summed E-state index contributed by atoms with van der Waals surface area (Å²) in [5.41, 5.74) is 22.9. The molecule has 0 N–H and O–H groups in total. The summed E-state index contributed by atoms with van der Waals surface area (Å²) in [6.07, 6.45) is 0. The first-order valence-corrected chi connectivity index (χ1v) is 21.8. The largest absolute Gasteiger partial charge is 0.310 e. The Morgan fingerprint density at radius 3 is 1.52 bits per heavy atom. The molecular weight excluding hydrogens is 735 g/mol. The molecule has 0 aliphatic heterocycles. The van der Waals surface area contributed by atoms with E-state index in [-0.39, 0.29) is 10.8 Å². The number of anilines is 3. The van der Waals surface area contributed by atoms with E-state index in [1.54, 1.807) is 0 Å². The number of hydrogen-bond acceptors (Lipinski definition) is 1. The first-order chi connectivity index (χ1) is 29.7. The van der Waals surface area contributed by atoms with Crippen LogP contribution in [0.2, 0.25) is 0 Å². The van der Waals surface area contributed by atoms with Crippen LogP contribution in [0.15, 0.2) is 194 Å². The summed E-state index contributed by atoms with van der Waals surface area (Å²) in [7, 11) is 0. The molecule has 9 aromatic rings. The second-order valence-electron chi connectivity index (χ2n) is 18.8. The number of hydrogen-bond donors (Lipinski definition) is 0. The van der Waals surface area contributed by atoms with Crippen molar-refractivity contribution in [2.45, 2.75) is 50.9 Å². The van der Waals surface area contributed by atoms with Crippen LogP contribution in [-0.2, 0) is 16.2 Å². The molecular formula is C60H47N.